The summed E-state index contributed by atoms with van der Waals surface area (Å²) in [5.74, 6) is 0.331. The van der Waals surface area contributed by atoms with Gasteiger partial charge in [-0.15, -0.1) is 0 Å². The molecule has 3 heterocycles. The average molecular weight is 294 g/mol. The Morgan fingerprint density at radius 3 is 2.65 bits per heavy atom. The smallest absolute Gasteiger partial charge is 0.211 e. The van der Waals surface area contributed by atoms with E-state index in [1.165, 1.54) is 6.26 Å². The Bertz CT molecular complexity index is 730. The van der Waals surface area contributed by atoms with Gasteiger partial charge in [0.25, 0.3) is 0 Å². The lowest BCUT2D eigenvalue weighted by molar-refractivity contribution is 0.316. The summed E-state index contributed by atoms with van der Waals surface area (Å²) in [6, 6.07) is 3.94. The molecule has 1 aliphatic rings. The Kier molecular flexibility index (Phi) is 3.25. The third-order valence-corrected chi connectivity index (χ3v) is 5.15. The zero-order valence-electron chi connectivity index (χ0n) is 11.7. The van der Waals surface area contributed by atoms with Crippen LogP contribution in [0.4, 0.5) is 0 Å². The highest BCUT2D eigenvalue weighted by Crippen LogP contribution is 2.28. The van der Waals surface area contributed by atoms with E-state index in [2.05, 4.69) is 10.1 Å². The highest BCUT2D eigenvalue weighted by Gasteiger charge is 2.27. The van der Waals surface area contributed by atoms with Crippen LogP contribution in [-0.2, 0) is 10.0 Å². The van der Waals surface area contributed by atoms with Crippen LogP contribution in [0.25, 0.3) is 5.65 Å². The van der Waals surface area contributed by atoms with E-state index in [0.717, 1.165) is 29.9 Å². The summed E-state index contributed by atoms with van der Waals surface area (Å²) in [6.07, 6.45) is 4.72. The molecule has 0 amide bonds. The van der Waals surface area contributed by atoms with E-state index in [1.807, 2.05) is 23.6 Å². The maximum atomic E-state index is 11.5. The molecule has 1 aliphatic heterocycles. The van der Waals surface area contributed by atoms with Gasteiger partial charge in [-0.25, -0.2) is 22.2 Å². The lowest BCUT2D eigenvalue weighted by Crippen LogP contribution is -2.37. The van der Waals surface area contributed by atoms with E-state index >= 15 is 0 Å². The van der Waals surface area contributed by atoms with Gasteiger partial charge >= 0.3 is 0 Å². The normalized spacial score (nSPS) is 18.7. The van der Waals surface area contributed by atoms with Crippen molar-refractivity contribution in [2.24, 2.45) is 0 Å². The SMILES string of the molecule is Cc1cc2nccc(C3CCN(S(C)(=O)=O)CC3)n2n1. The second-order valence-electron chi connectivity index (χ2n) is 5.36. The van der Waals surface area contributed by atoms with Gasteiger partial charge in [0, 0.05) is 37.0 Å². The third-order valence-electron chi connectivity index (χ3n) is 3.85. The Morgan fingerprint density at radius 1 is 1.30 bits per heavy atom. The van der Waals surface area contributed by atoms with Crippen LogP contribution in [0.5, 0.6) is 0 Å². The molecule has 6 nitrogen and oxygen atoms in total. The standard InChI is InChI=1S/C13H18N4O2S/c1-10-9-13-14-6-3-12(17(13)15-10)11-4-7-16(8-5-11)20(2,18)19/h3,6,9,11H,4-5,7-8H2,1-2H3. The minimum atomic E-state index is -3.07. The molecular weight excluding hydrogens is 276 g/mol. The van der Waals surface area contributed by atoms with Gasteiger partial charge in [0.15, 0.2) is 5.65 Å². The second kappa shape index (κ2) is 4.82. The van der Waals surface area contributed by atoms with Crippen LogP contribution in [0.1, 0.15) is 30.1 Å². The van der Waals surface area contributed by atoms with Crippen molar-refractivity contribution < 1.29 is 8.42 Å². The first-order valence-electron chi connectivity index (χ1n) is 6.71. The zero-order valence-corrected chi connectivity index (χ0v) is 12.5. The van der Waals surface area contributed by atoms with Crippen LogP contribution in [0.2, 0.25) is 0 Å². The van der Waals surface area contributed by atoms with E-state index < -0.39 is 10.0 Å². The van der Waals surface area contributed by atoms with Crippen molar-refractivity contribution in [3.8, 4) is 0 Å². The molecule has 2 aromatic heterocycles. The second-order valence-corrected chi connectivity index (χ2v) is 7.34. The minimum absolute atomic E-state index is 0.331. The number of piperidine rings is 1. The summed E-state index contributed by atoms with van der Waals surface area (Å²) >= 11 is 0. The van der Waals surface area contributed by atoms with Gasteiger partial charge in [-0.2, -0.15) is 5.10 Å². The van der Waals surface area contributed by atoms with Crippen LogP contribution >= 0.6 is 0 Å². The maximum absolute atomic E-state index is 11.5. The molecule has 3 rings (SSSR count). The van der Waals surface area contributed by atoms with Gasteiger partial charge in [-0.1, -0.05) is 0 Å². The number of aryl methyl sites for hydroxylation is 1. The molecule has 0 radical (unpaired) electrons. The van der Waals surface area contributed by atoms with Crippen LogP contribution in [0.3, 0.4) is 0 Å². The molecule has 20 heavy (non-hydrogen) atoms. The first-order valence-corrected chi connectivity index (χ1v) is 8.56. The molecule has 0 spiro atoms. The van der Waals surface area contributed by atoms with Gasteiger partial charge in [-0.3, -0.25) is 0 Å². The summed E-state index contributed by atoms with van der Waals surface area (Å²) in [7, 11) is -3.07. The first kappa shape index (κ1) is 13.5. The average Bonchev–Trinajstić information content (AvgIpc) is 2.78. The van der Waals surface area contributed by atoms with E-state index in [9.17, 15) is 8.42 Å². The van der Waals surface area contributed by atoms with Gasteiger partial charge in [0.05, 0.1) is 11.9 Å². The number of nitrogens with zero attached hydrogens (tertiary/aromatic N) is 4. The Balaban J connectivity index is 1.87. The van der Waals surface area contributed by atoms with Crippen molar-refractivity contribution in [1.29, 1.82) is 0 Å². The molecule has 1 fully saturated rings. The fourth-order valence-corrected chi connectivity index (χ4v) is 3.69. The number of sulfonamides is 1. The van der Waals surface area contributed by atoms with Crippen molar-refractivity contribution in [3.05, 3.63) is 29.7 Å². The fraction of sp³-hybridized carbons (Fsp3) is 0.538. The van der Waals surface area contributed by atoms with Crippen molar-refractivity contribution in [2.75, 3.05) is 19.3 Å². The van der Waals surface area contributed by atoms with Crippen LogP contribution < -0.4 is 0 Å². The maximum Gasteiger partial charge on any atom is 0.211 e. The molecule has 0 aromatic carbocycles. The molecule has 0 unspecified atom stereocenters. The molecule has 108 valence electrons. The van der Waals surface area contributed by atoms with Crippen molar-refractivity contribution in [1.82, 2.24) is 18.9 Å². The largest absolute Gasteiger partial charge is 0.237 e. The molecule has 7 heteroatoms. The predicted octanol–water partition coefficient (Wildman–Crippen LogP) is 1.18. The van der Waals surface area contributed by atoms with Gasteiger partial charge in [-0.05, 0) is 25.8 Å². The van der Waals surface area contributed by atoms with Crippen LogP contribution in [0, 0.1) is 6.92 Å². The molecule has 2 aromatic rings. The summed E-state index contributed by atoms with van der Waals surface area (Å²) < 4.78 is 26.5. The summed E-state index contributed by atoms with van der Waals surface area (Å²) in [5, 5.41) is 4.48. The topological polar surface area (TPSA) is 67.6 Å². The fourth-order valence-electron chi connectivity index (χ4n) is 2.82. The number of fused-ring (bicyclic) bond motifs is 1. The van der Waals surface area contributed by atoms with Crippen molar-refractivity contribution in [3.63, 3.8) is 0 Å². The van der Waals surface area contributed by atoms with E-state index in [0.29, 0.717) is 19.0 Å². The lowest BCUT2D eigenvalue weighted by atomic mass is 9.94. The lowest BCUT2D eigenvalue weighted by Gasteiger charge is -2.30. The van der Waals surface area contributed by atoms with Gasteiger partial charge in [0.2, 0.25) is 10.0 Å². The van der Waals surface area contributed by atoms with Crippen LogP contribution in [-0.4, -0.2) is 46.7 Å². The van der Waals surface area contributed by atoms with Gasteiger partial charge < -0.3 is 0 Å². The molecule has 1 saturated heterocycles. The van der Waals surface area contributed by atoms with E-state index in [1.54, 1.807) is 10.5 Å². The first-order chi connectivity index (χ1) is 9.45. The highest BCUT2D eigenvalue weighted by atomic mass is 32.2. The van der Waals surface area contributed by atoms with Crippen LogP contribution in [0.15, 0.2) is 18.3 Å². The number of rotatable bonds is 2. The molecule has 0 aliphatic carbocycles. The molecule has 0 bridgehead atoms. The molecule has 0 saturated carbocycles. The number of hydrogen-bond donors (Lipinski definition) is 0. The highest BCUT2D eigenvalue weighted by molar-refractivity contribution is 7.88. The molecule has 0 N–H and O–H groups in total. The Labute approximate surface area is 118 Å². The molecular formula is C13H18N4O2S. The summed E-state index contributed by atoms with van der Waals surface area (Å²) in [6.45, 7) is 3.10. The molecule has 0 atom stereocenters. The van der Waals surface area contributed by atoms with Crippen molar-refractivity contribution >= 4 is 15.7 Å². The predicted molar refractivity (Wildman–Crippen MR) is 76.1 cm³/mol. The van der Waals surface area contributed by atoms with E-state index in [-0.39, 0.29) is 0 Å². The quantitative estimate of drug-likeness (QED) is 0.834. The minimum Gasteiger partial charge on any atom is -0.237 e. The Morgan fingerprint density at radius 2 is 2.00 bits per heavy atom. The monoisotopic (exact) mass is 294 g/mol. The third kappa shape index (κ3) is 2.43. The zero-order chi connectivity index (χ0) is 14.3. The van der Waals surface area contributed by atoms with E-state index in [4.69, 9.17) is 0 Å². The van der Waals surface area contributed by atoms with Crippen molar-refractivity contribution in [2.45, 2.75) is 25.7 Å². The number of hydrogen-bond acceptors (Lipinski definition) is 4. The number of aromatic nitrogens is 3. The Hall–Kier alpha value is -1.47. The van der Waals surface area contributed by atoms with Gasteiger partial charge in [0.1, 0.15) is 0 Å². The summed E-state index contributed by atoms with van der Waals surface area (Å²) in [4.78, 5) is 4.31. The summed E-state index contributed by atoms with van der Waals surface area (Å²) in [5.41, 5.74) is 2.92.